The summed E-state index contributed by atoms with van der Waals surface area (Å²) in [5, 5.41) is 0. The number of rotatable bonds is 6. The molecular weight excluding hydrogens is 396 g/mol. The number of benzene rings is 2. The molecule has 4 heteroatoms. The summed E-state index contributed by atoms with van der Waals surface area (Å²) in [6.45, 7) is 3.63. The zero-order valence-electron chi connectivity index (χ0n) is 19.5. The summed E-state index contributed by atoms with van der Waals surface area (Å²) < 4.78 is 5.60. The van der Waals surface area contributed by atoms with Gasteiger partial charge in [-0.05, 0) is 86.7 Å². The maximum atomic E-state index is 13.2. The predicted molar refractivity (Wildman–Crippen MR) is 128 cm³/mol. The Balaban J connectivity index is 1.42. The second kappa shape index (κ2) is 8.90. The molecule has 0 radical (unpaired) electrons. The molecule has 32 heavy (non-hydrogen) atoms. The molecule has 1 amide bonds. The van der Waals surface area contributed by atoms with Gasteiger partial charge in [0.1, 0.15) is 5.75 Å². The van der Waals surface area contributed by atoms with Gasteiger partial charge in [0.25, 0.3) is 5.91 Å². The van der Waals surface area contributed by atoms with Crippen LogP contribution in [0.4, 0.5) is 0 Å². The van der Waals surface area contributed by atoms with Crippen LogP contribution < -0.4 is 4.74 Å². The van der Waals surface area contributed by atoms with Crippen molar-refractivity contribution in [2.75, 3.05) is 33.8 Å². The summed E-state index contributed by atoms with van der Waals surface area (Å²) >= 11 is 0. The Morgan fingerprint density at radius 3 is 2.66 bits per heavy atom. The minimum Gasteiger partial charge on any atom is -0.497 e. The maximum Gasteiger partial charge on any atom is 0.253 e. The van der Waals surface area contributed by atoms with Gasteiger partial charge in [-0.3, -0.25) is 4.79 Å². The quantitative estimate of drug-likeness (QED) is 0.645. The molecule has 2 aromatic rings. The SMILES string of the molecule is COc1cccc([C@@]23CCN(CC4CC4)C[C@H]2CC[C@H](N(C)C(=O)c2ccccc2)C3)c1. The molecule has 0 unspecified atom stereocenters. The highest BCUT2D eigenvalue weighted by Gasteiger charge is 2.49. The van der Waals surface area contributed by atoms with Crippen molar-refractivity contribution in [3.05, 3.63) is 65.7 Å². The van der Waals surface area contributed by atoms with Crippen LogP contribution in [0.5, 0.6) is 5.75 Å². The molecule has 4 nitrogen and oxygen atoms in total. The highest BCUT2D eigenvalue weighted by molar-refractivity contribution is 5.94. The van der Waals surface area contributed by atoms with Crippen molar-refractivity contribution in [2.24, 2.45) is 11.8 Å². The number of likely N-dealkylation sites (tertiary alicyclic amines) is 1. The van der Waals surface area contributed by atoms with Crippen molar-refractivity contribution in [3.63, 3.8) is 0 Å². The van der Waals surface area contributed by atoms with Gasteiger partial charge >= 0.3 is 0 Å². The fourth-order valence-corrected chi connectivity index (χ4v) is 6.23. The van der Waals surface area contributed by atoms with Crippen LogP contribution in [0.3, 0.4) is 0 Å². The normalized spacial score (nSPS) is 28.1. The lowest BCUT2D eigenvalue weighted by molar-refractivity contribution is 0.0175. The number of carbonyl (C=O) groups is 1. The van der Waals surface area contributed by atoms with Gasteiger partial charge in [-0.25, -0.2) is 0 Å². The summed E-state index contributed by atoms with van der Waals surface area (Å²) in [6, 6.07) is 18.7. The van der Waals surface area contributed by atoms with Gasteiger partial charge in [-0.1, -0.05) is 30.3 Å². The topological polar surface area (TPSA) is 32.8 Å². The lowest BCUT2D eigenvalue weighted by atomic mass is 9.57. The summed E-state index contributed by atoms with van der Waals surface area (Å²) in [5.74, 6) is 2.65. The number of nitrogens with zero attached hydrogens (tertiary/aromatic N) is 2. The largest absolute Gasteiger partial charge is 0.497 e. The van der Waals surface area contributed by atoms with E-state index in [1.54, 1.807) is 7.11 Å². The predicted octanol–water partition coefficient (Wildman–Crippen LogP) is 4.99. The van der Waals surface area contributed by atoms with Gasteiger partial charge in [0.15, 0.2) is 0 Å². The Kier molecular flexibility index (Phi) is 5.98. The molecule has 2 aliphatic carbocycles. The Hall–Kier alpha value is -2.33. The number of fused-ring (bicyclic) bond motifs is 1. The van der Waals surface area contributed by atoms with E-state index in [0.29, 0.717) is 5.92 Å². The summed E-state index contributed by atoms with van der Waals surface area (Å²) in [6.07, 6.45) is 7.30. The lowest BCUT2D eigenvalue weighted by Gasteiger charge is -2.54. The van der Waals surface area contributed by atoms with Gasteiger partial charge in [0, 0.05) is 37.2 Å². The molecule has 170 valence electrons. The van der Waals surface area contributed by atoms with E-state index < -0.39 is 0 Å². The van der Waals surface area contributed by atoms with E-state index in [0.717, 1.165) is 36.6 Å². The summed E-state index contributed by atoms with van der Waals surface area (Å²) in [5.41, 5.74) is 2.30. The van der Waals surface area contributed by atoms with Gasteiger partial charge in [0.05, 0.1) is 7.11 Å². The number of hydrogen-bond acceptors (Lipinski definition) is 3. The van der Waals surface area contributed by atoms with E-state index in [1.165, 1.54) is 44.3 Å². The van der Waals surface area contributed by atoms with E-state index in [1.807, 2.05) is 48.3 Å². The third-order valence-electron chi connectivity index (χ3n) is 8.33. The molecule has 3 aliphatic rings. The number of ether oxygens (including phenoxy) is 1. The van der Waals surface area contributed by atoms with Crippen LogP contribution in [0, 0.1) is 11.8 Å². The molecule has 0 aromatic heterocycles. The molecule has 5 rings (SSSR count). The van der Waals surface area contributed by atoms with Crippen molar-refractivity contribution in [3.8, 4) is 5.75 Å². The Morgan fingerprint density at radius 2 is 1.91 bits per heavy atom. The van der Waals surface area contributed by atoms with Crippen LogP contribution in [0.2, 0.25) is 0 Å². The van der Waals surface area contributed by atoms with E-state index in [9.17, 15) is 4.79 Å². The molecule has 0 bridgehead atoms. The van der Waals surface area contributed by atoms with E-state index in [2.05, 4.69) is 23.1 Å². The third-order valence-corrected chi connectivity index (χ3v) is 8.33. The zero-order valence-corrected chi connectivity index (χ0v) is 19.5. The molecule has 3 atom stereocenters. The van der Waals surface area contributed by atoms with Crippen LogP contribution >= 0.6 is 0 Å². The first-order valence-corrected chi connectivity index (χ1v) is 12.3. The highest BCUT2D eigenvalue weighted by atomic mass is 16.5. The Bertz CT molecular complexity index is 941. The van der Waals surface area contributed by atoms with Gasteiger partial charge in [-0.15, -0.1) is 0 Å². The molecule has 1 saturated heterocycles. The van der Waals surface area contributed by atoms with Crippen LogP contribution in [0.25, 0.3) is 0 Å². The van der Waals surface area contributed by atoms with Crippen LogP contribution in [0.1, 0.15) is 54.4 Å². The average Bonchev–Trinajstić information content (AvgIpc) is 3.67. The molecule has 0 spiro atoms. The van der Waals surface area contributed by atoms with Crippen molar-refractivity contribution < 1.29 is 9.53 Å². The summed E-state index contributed by atoms with van der Waals surface area (Å²) in [7, 11) is 3.75. The van der Waals surface area contributed by atoms with Gasteiger partial charge in [-0.2, -0.15) is 0 Å². The van der Waals surface area contributed by atoms with Crippen LogP contribution in [0.15, 0.2) is 54.6 Å². The van der Waals surface area contributed by atoms with Crippen molar-refractivity contribution in [1.82, 2.24) is 9.80 Å². The van der Waals surface area contributed by atoms with Crippen molar-refractivity contribution in [1.29, 1.82) is 0 Å². The summed E-state index contributed by atoms with van der Waals surface area (Å²) in [4.78, 5) is 18.0. The monoisotopic (exact) mass is 432 g/mol. The van der Waals surface area contributed by atoms with Crippen molar-refractivity contribution in [2.45, 2.75) is 50.0 Å². The molecular formula is C28H36N2O2. The molecule has 1 heterocycles. The molecule has 3 fully saturated rings. The lowest BCUT2D eigenvalue weighted by Crippen LogP contribution is -2.56. The van der Waals surface area contributed by atoms with Gasteiger partial charge < -0.3 is 14.5 Å². The third kappa shape index (κ3) is 4.17. The fraction of sp³-hybridized carbons (Fsp3) is 0.536. The fourth-order valence-electron chi connectivity index (χ4n) is 6.23. The minimum atomic E-state index is 0.114. The maximum absolute atomic E-state index is 13.2. The van der Waals surface area contributed by atoms with E-state index in [-0.39, 0.29) is 17.4 Å². The molecule has 2 aromatic carbocycles. The van der Waals surface area contributed by atoms with Crippen LogP contribution in [-0.2, 0) is 5.41 Å². The first-order chi connectivity index (χ1) is 15.6. The highest BCUT2D eigenvalue weighted by Crippen LogP contribution is 2.51. The van der Waals surface area contributed by atoms with Crippen LogP contribution in [-0.4, -0.2) is 55.5 Å². The molecule has 1 aliphatic heterocycles. The number of hydrogen-bond donors (Lipinski definition) is 0. The average molecular weight is 433 g/mol. The second-order valence-electron chi connectivity index (χ2n) is 10.3. The number of amides is 1. The second-order valence-corrected chi connectivity index (χ2v) is 10.3. The van der Waals surface area contributed by atoms with Crippen molar-refractivity contribution >= 4 is 5.91 Å². The zero-order chi connectivity index (χ0) is 22.1. The van der Waals surface area contributed by atoms with E-state index in [4.69, 9.17) is 4.74 Å². The minimum absolute atomic E-state index is 0.114. The standard InChI is InChI=1S/C28H36N2O2/c1-29(27(31)22-7-4-3-5-8-22)25-14-13-24-20-30(19-21-11-12-21)16-15-28(24,18-25)23-9-6-10-26(17-23)32-2/h3-10,17,21,24-25H,11-16,18-20H2,1-2H3/t24-,25+,28+/m1/s1. The number of carbonyl (C=O) groups excluding carboxylic acids is 1. The molecule has 2 saturated carbocycles. The number of methoxy groups -OCH3 is 1. The van der Waals surface area contributed by atoms with E-state index >= 15 is 0 Å². The Morgan fingerprint density at radius 1 is 1.09 bits per heavy atom. The Labute approximate surface area is 192 Å². The first kappa shape index (κ1) is 21.5. The first-order valence-electron chi connectivity index (χ1n) is 12.3. The number of piperidine rings is 1. The van der Waals surface area contributed by atoms with Gasteiger partial charge in [0.2, 0.25) is 0 Å². The smallest absolute Gasteiger partial charge is 0.253 e. The molecule has 0 N–H and O–H groups in total.